The van der Waals surface area contributed by atoms with E-state index in [4.69, 9.17) is 4.74 Å². The van der Waals surface area contributed by atoms with E-state index in [-0.39, 0.29) is 18.2 Å². The Morgan fingerprint density at radius 1 is 0.962 bits per heavy atom. The Bertz CT molecular complexity index is 764. The minimum atomic E-state index is -0.482. The van der Waals surface area contributed by atoms with Gasteiger partial charge in [0.25, 0.3) is 0 Å². The lowest BCUT2D eigenvalue weighted by molar-refractivity contribution is -0.0158. The molecule has 1 fully saturated rings. The molecule has 4 heteroatoms. The number of carbonyl (C=O) groups is 1. The third-order valence-corrected chi connectivity index (χ3v) is 5.10. The van der Waals surface area contributed by atoms with Crippen LogP contribution in [0.4, 0.5) is 4.79 Å². The number of ether oxygens (including phenoxy) is 1. The third-order valence-electron chi connectivity index (χ3n) is 5.10. The molecule has 4 nitrogen and oxygen atoms in total. The van der Waals surface area contributed by atoms with Gasteiger partial charge in [0.15, 0.2) is 0 Å². The van der Waals surface area contributed by atoms with Crippen LogP contribution >= 0.6 is 0 Å². The van der Waals surface area contributed by atoms with Crippen molar-refractivity contribution < 1.29 is 9.53 Å². The van der Waals surface area contributed by atoms with Gasteiger partial charge in [-0.05, 0) is 37.5 Å². The summed E-state index contributed by atoms with van der Waals surface area (Å²) in [5, 5.41) is 0. The number of hydrogen-bond acceptors (Lipinski definition) is 3. The van der Waals surface area contributed by atoms with Crippen LogP contribution in [0.1, 0.15) is 49.5 Å². The molecule has 2 atom stereocenters. The average Bonchev–Trinajstić information content (AvgIpc) is 2.80. The normalized spacial score (nSPS) is 22.2. The van der Waals surface area contributed by atoms with Crippen LogP contribution in [0.2, 0.25) is 0 Å². The predicted molar refractivity (Wildman–Crippen MR) is 102 cm³/mol. The molecule has 2 bridgehead atoms. The summed E-state index contributed by atoms with van der Waals surface area (Å²) in [5.41, 5.74) is 3.35. The van der Waals surface area contributed by atoms with Crippen LogP contribution in [0.5, 0.6) is 0 Å². The van der Waals surface area contributed by atoms with Crippen molar-refractivity contribution in [3.8, 4) is 0 Å². The Morgan fingerprint density at radius 2 is 1.50 bits per heavy atom. The first-order valence-corrected chi connectivity index (χ1v) is 9.29. The molecule has 0 unspecified atom stereocenters. The van der Waals surface area contributed by atoms with Gasteiger partial charge in [-0.3, -0.25) is 9.80 Å². The van der Waals surface area contributed by atoms with Crippen LogP contribution in [0, 0.1) is 0 Å². The predicted octanol–water partition coefficient (Wildman–Crippen LogP) is 4.54. The molecule has 0 saturated carbocycles. The van der Waals surface area contributed by atoms with Crippen molar-refractivity contribution in [1.82, 2.24) is 9.80 Å². The summed E-state index contributed by atoms with van der Waals surface area (Å²) >= 11 is 0. The Hall–Kier alpha value is -2.33. The molecule has 1 amide bonds. The molecular weight excluding hydrogens is 324 g/mol. The number of piperazine rings is 1. The van der Waals surface area contributed by atoms with Crippen molar-refractivity contribution in [2.45, 2.75) is 45.0 Å². The van der Waals surface area contributed by atoms with E-state index in [1.54, 1.807) is 0 Å². The molecule has 26 heavy (non-hydrogen) atoms. The van der Waals surface area contributed by atoms with Gasteiger partial charge in [0.05, 0.1) is 12.1 Å². The van der Waals surface area contributed by atoms with E-state index in [2.05, 4.69) is 53.4 Å². The molecule has 2 aliphatic rings. The van der Waals surface area contributed by atoms with E-state index in [0.29, 0.717) is 0 Å². The Labute approximate surface area is 155 Å². The molecule has 0 aromatic heterocycles. The van der Waals surface area contributed by atoms with Gasteiger partial charge in [0.2, 0.25) is 0 Å². The number of benzene rings is 2. The number of rotatable bonds is 2. The lowest BCUT2D eigenvalue weighted by Gasteiger charge is -2.41. The summed E-state index contributed by atoms with van der Waals surface area (Å²) in [4.78, 5) is 17.3. The summed E-state index contributed by atoms with van der Waals surface area (Å²) in [7, 11) is 0. The highest BCUT2D eigenvalue weighted by atomic mass is 16.6. The van der Waals surface area contributed by atoms with Gasteiger partial charge in [-0.15, -0.1) is 0 Å². The maximum Gasteiger partial charge on any atom is 0.411 e. The summed E-state index contributed by atoms with van der Waals surface area (Å²) in [6.45, 7) is 8.34. The maximum absolute atomic E-state index is 12.9. The molecule has 2 heterocycles. The summed E-state index contributed by atoms with van der Waals surface area (Å²) in [5.74, 6) is 0. The Kier molecular flexibility index (Phi) is 4.23. The van der Waals surface area contributed by atoms with Crippen molar-refractivity contribution in [2.75, 3.05) is 13.1 Å². The highest BCUT2D eigenvalue weighted by Gasteiger charge is 2.47. The van der Waals surface area contributed by atoms with E-state index in [9.17, 15) is 4.79 Å². The van der Waals surface area contributed by atoms with Crippen molar-refractivity contribution in [3.63, 3.8) is 0 Å². The topological polar surface area (TPSA) is 32.8 Å². The maximum atomic E-state index is 12.9. The summed E-state index contributed by atoms with van der Waals surface area (Å²) in [6, 6.07) is 19.1. The van der Waals surface area contributed by atoms with Crippen molar-refractivity contribution in [1.29, 1.82) is 0 Å². The van der Waals surface area contributed by atoms with Gasteiger partial charge in [0.1, 0.15) is 5.60 Å². The molecule has 0 spiro atoms. The smallest absolute Gasteiger partial charge is 0.411 e. The first-order chi connectivity index (χ1) is 12.4. The first-order valence-electron chi connectivity index (χ1n) is 9.29. The molecule has 0 aliphatic carbocycles. The lowest BCUT2D eigenvalue weighted by Crippen LogP contribution is -2.49. The fraction of sp³-hybridized carbons (Fsp3) is 0.409. The zero-order valence-electron chi connectivity index (χ0n) is 15.7. The second-order valence-electron chi connectivity index (χ2n) is 8.23. The Balaban J connectivity index is 1.60. The van der Waals surface area contributed by atoms with Crippen molar-refractivity contribution in [2.24, 2.45) is 0 Å². The second kappa shape index (κ2) is 6.44. The number of nitrogens with zero attached hydrogens (tertiary/aromatic N) is 2. The molecular formula is C22H26N2O2. The van der Waals surface area contributed by atoms with Gasteiger partial charge >= 0.3 is 6.09 Å². The molecule has 1 saturated heterocycles. The average molecular weight is 350 g/mol. The minimum absolute atomic E-state index is 0.0588. The van der Waals surface area contributed by atoms with Crippen LogP contribution in [-0.4, -0.2) is 34.6 Å². The van der Waals surface area contributed by atoms with E-state index < -0.39 is 5.60 Å². The molecule has 136 valence electrons. The van der Waals surface area contributed by atoms with Gasteiger partial charge in [-0.1, -0.05) is 54.6 Å². The van der Waals surface area contributed by atoms with Crippen LogP contribution < -0.4 is 0 Å². The van der Waals surface area contributed by atoms with Crippen LogP contribution in [0.25, 0.3) is 0 Å². The van der Waals surface area contributed by atoms with E-state index in [1.807, 2.05) is 31.7 Å². The number of fused-ring (bicyclic) bond motifs is 5. The van der Waals surface area contributed by atoms with Crippen LogP contribution in [0.15, 0.2) is 54.6 Å². The van der Waals surface area contributed by atoms with Gasteiger partial charge in [0, 0.05) is 19.6 Å². The van der Waals surface area contributed by atoms with Gasteiger partial charge in [-0.25, -0.2) is 4.79 Å². The molecule has 4 rings (SSSR count). The molecule has 0 N–H and O–H groups in total. The molecule has 0 radical (unpaired) electrons. The van der Waals surface area contributed by atoms with Crippen LogP contribution in [-0.2, 0) is 11.3 Å². The fourth-order valence-electron chi connectivity index (χ4n) is 4.11. The minimum Gasteiger partial charge on any atom is -0.444 e. The number of carbonyl (C=O) groups excluding carboxylic acids is 1. The van der Waals surface area contributed by atoms with Crippen molar-refractivity contribution in [3.05, 3.63) is 71.3 Å². The molecule has 2 aromatic carbocycles. The molecule has 2 aromatic rings. The number of hydrogen-bond donors (Lipinski definition) is 0. The van der Waals surface area contributed by atoms with Gasteiger partial charge in [-0.2, -0.15) is 0 Å². The third kappa shape index (κ3) is 3.21. The quantitative estimate of drug-likeness (QED) is 0.797. The number of amides is 1. The monoisotopic (exact) mass is 350 g/mol. The Morgan fingerprint density at radius 3 is 2.04 bits per heavy atom. The largest absolute Gasteiger partial charge is 0.444 e. The first kappa shape index (κ1) is 17.1. The fourth-order valence-corrected chi connectivity index (χ4v) is 4.11. The van der Waals surface area contributed by atoms with E-state index in [0.717, 1.165) is 19.6 Å². The van der Waals surface area contributed by atoms with Crippen molar-refractivity contribution >= 4 is 6.09 Å². The van der Waals surface area contributed by atoms with E-state index >= 15 is 0 Å². The summed E-state index contributed by atoms with van der Waals surface area (Å²) in [6.07, 6.45) is -0.205. The highest BCUT2D eigenvalue weighted by Crippen LogP contribution is 2.46. The molecule has 2 aliphatic heterocycles. The van der Waals surface area contributed by atoms with E-state index in [1.165, 1.54) is 16.7 Å². The van der Waals surface area contributed by atoms with Crippen LogP contribution in [0.3, 0.4) is 0 Å². The summed E-state index contributed by atoms with van der Waals surface area (Å²) < 4.78 is 5.71. The van der Waals surface area contributed by atoms with Gasteiger partial charge < -0.3 is 4.74 Å². The SMILES string of the molecule is CC(C)(C)OC(=O)N1[C@@H]2CN(Cc3ccccc3)C[C@H]1c1ccccc12. The standard InChI is InChI=1S/C22H26N2O2/c1-22(2,3)26-21(25)24-19-14-23(13-16-9-5-4-6-10-16)15-20(24)18-12-8-7-11-17(18)19/h4-12,19-20H,13-15H2,1-3H3/t19-,20+. The lowest BCUT2D eigenvalue weighted by atomic mass is 10.0. The zero-order chi connectivity index (χ0) is 18.3. The zero-order valence-corrected chi connectivity index (χ0v) is 15.7. The highest BCUT2D eigenvalue weighted by molar-refractivity contribution is 5.72. The second-order valence-corrected chi connectivity index (χ2v) is 8.23.